The SMILES string of the molecule is O=[N+]([O-])[O-].[Co].[Fe].[Ni]. The minimum atomic E-state index is -1.75. The zero-order chi connectivity index (χ0) is 3.58. The predicted octanol–water partition coefficient (Wildman–Crippen LogP) is -0.247. The Bertz CT molecular complexity index is 37.9. The van der Waals surface area contributed by atoms with E-state index in [4.69, 9.17) is 15.3 Å². The largest absolute Gasteiger partial charge is 0.356 e. The van der Waals surface area contributed by atoms with Crippen LogP contribution in [0.1, 0.15) is 0 Å². The molecule has 0 spiro atoms. The van der Waals surface area contributed by atoms with Crippen LogP contribution in [0, 0.1) is 15.3 Å². The van der Waals surface area contributed by atoms with Crippen LogP contribution >= 0.6 is 0 Å². The first-order valence-electron chi connectivity index (χ1n) is 0.548. The molecule has 0 saturated heterocycles. The third kappa shape index (κ3) is 289. The monoisotopic (exact) mass is 235 g/mol. The van der Waals surface area contributed by atoms with Gasteiger partial charge in [-0.2, -0.15) is 0 Å². The van der Waals surface area contributed by atoms with E-state index in [9.17, 15) is 0 Å². The van der Waals surface area contributed by atoms with Gasteiger partial charge in [-0.1, -0.05) is 0 Å². The van der Waals surface area contributed by atoms with E-state index in [0.717, 1.165) is 0 Å². The van der Waals surface area contributed by atoms with Gasteiger partial charge in [0.05, 0.1) is 5.09 Å². The van der Waals surface area contributed by atoms with Crippen LogP contribution in [0.15, 0.2) is 0 Å². The average molecular weight is 235 g/mol. The Hall–Kier alpha value is 0.719. The maximum atomic E-state index is 8.25. The molecule has 7 heteroatoms. The molecular formula is CoFeNNiO3-. The summed E-state index contributed by atoms with van der Waals surface area (Å²) in [6, 6.07) is 0. The molecule has 0 atom stereocenters. The van der Waals surface area contributed by atoms with Gasteiger partial charge in [0.15, 0.2) is 0 Å². The van der Waals surface area contributed by atoms with Crippen molar-refractivity contribution in [1.29, 1.82) is 0 Å². The van der Waals surface area contributed by atoms with Gasteiger partial charge in [0.1, 0.15) is 0 Å². The summed E-state index contributed by atoms with van der Waals surface area (Å²) in [6.07, 6.45) is 0. The van der Waals surface area contributed by atoms with Crippen LogP contribution in [-0.4, -0.2) is 5.09 Å². The van der Waals surface area contributed by atoms with Crippen LogP contribution in [0.25, 0.3) is 0 Å². The van der Waals surface area contributed by atoms with E-state index in [1.165, 1.54) is 0 Å². The molecule has 0 unspecified atom stereocenters. The van der Waals surface area contributed by atoms with Crippen LogP contribution in [0.4, 0.5) is 0 Å². The van der Waals surface area contributed by atoms with Crippen LogP contribution in [0.5, 0.6) is 0 Å². The molecule has 0 fully saturated rings. The number of rotatable bonds is 0. The summed E-state index contributed by atoms with van der Waals surface area (Å²) in [5.41, 5.74) is 0. The summed E-state index contributed by atoms with van der Waals surface area (Å²) >= 11 is 0. The Balaban J connectivity index is -0.0000000150. The standard InChI is InChI=1S/Co.Fe.NO3.Ni/c;;2-1(3)4;/q;;-1;. The molecule has 4 nitrogen and oxygen atoms in total. The average Bonchev–Trinajstić information content (AvgIpc) is 0.811. The Morgan fingerprint density at radius 1 is 1.29 bits per heavy atom. The van der Waals surface area contributed by atoms with E-state index in [-0.39, 0.29) is 50.3 Å². The van der Waals surface area contributed by atoms with Gasteiger partial charge < -0.3 is 15.3 Å². The second kappa shape index (κ2) is 15.9. The van der Waals surface area contributed by atoms with Gasteiger partial charge in [0.25, 0.3) is 0 Å². The van der Waals surface area contributed by atoms with Crippen LogP contribution < -0.4 is 0 Å². The molecule has 51 valence electrons. The molecule has 7 heavy (non-hydrogen) atoms. The molecule has 0 saturated carbocycles. The third-order valence-electron chi connectivity index (χ3n) is 0. The van der Waals surface area contributed by atoms with Crippen LogP contribution in [0.2, 0.25) is 0 Å². The van der Waals surface area contributed by atoms with Gasteiger partial charge in [0.2, 0.25) is 0 Å². The number of hydrogen-bond acceptors (Lipinski definition) is 3. The summed E-state index contributed by atoms with van der Waals surface area (Å²) in [6.45, 7) is 0. The summed E-state index contributed by atoms with van der Waals surface area (Å²) in [5, 5.41) is 14.8. The summed E-state index contributed by atoms with van der Waals surface area (Å²) < 4.78 is 0. The van der Waals surface area contributed by atoms with E-state index in [0.29, 0.717) is 0 Å². The van der Waals surface area contributed by atoms with Crippen molar-refractivity contribution in [3.05, 3.63) is 15.3 Å². The molecule has 0 amide bonds. The molecular weight excluding hydrogens is 235 g/mol. The molecule has 0 aromatic rings. The Kier molecular flexibility index (Phi) is 57.2. The molecule has 0 aliphatic carbocycles. The van der Waals surface area contributed by atoms with Crippen molar-refractivity contribution >= 4 is 0 Å². The first kappa shape index (κ1) is 25.2. The molecule has 0 N–H and O–H groups in total. The molecule has 0 aromatic heterocycles. The van der Waals surface area contributed by atoms with Gasteiger partial charge in [-0.15, -0.1) is 0 Å². The second-order valence-electron chi connectivity index (χ2n) is 0.224. The molecule has 0 aliphatic heterocycles. The Labute approximate surface area is 70.7 Å². The summed E-state index contributed by atoms with van der Waals surface area (Å²) in [5.74, 6) is 0. The zero-order valence-corrected chi connectivity index (χ0v) is 5.81. The van der Waals surface area contributed by atoms with E-state index in [1.54, 1.807) is 0 Å². The number of hydrogen-bond donors (Lipinski definition) is 0. The normalized spacial score (nSPS) is 3.43. The molecule has 0 aliphatic rings. The second-order valence-corrected chi connectivity index (χ2v) is 0.224. The predicted molar refractivity (Wildman–Crippen MR) is 10.4 cm³/mol. The van der Waals surface area contributed by atoms with Crippen molar-refractivity contribution in [3.63, 3.8) is 0 Å². The first-order chi connectivity index (χ1) is 1.73. The first-order valence-corrected chi connectivity index (χ1v) is 0.548. The zero-order valence-electron chi connectivity index (χ0n) is 2.68. The minimum Gasteiger partial charge on any atom is -0.356 e. The number of nitrogens with zero attached hydrogens (tertiary/aromatic N) is 1. The van der Waals surface area contributed by atoms with Gasteiger partial charge in [0, 0.05) is 50.3 Å². The van der Waals surface area contributed by atoms with Crippen molar-refractivity contribution < 1.29 is 55.4 Å². The van der Waals surface area contributed by atoms with Crippen LogP contribution in [-0.2, 0) is 50.3 Å². The molecule has 0 heterocycles. The fourth-order valence-electron chi connectivity index (χ4n) is 0. The van der Waals surface area contributed by atoms with Gasteiger partial charge >= 0.3 is 0 Å². The maximum absolute atomic E-state index is 8.25. The molecule has 0 rings (SSSR count). The summed E-state index contributed by atoms with van der Waals surface area (Å²) in [7, 11) is 0. The van der Waals surface area contributed by atoms with E-state index in [1.807, 2.05) is 0 Å². The van der Waals surface area contributed by atoms with E-state index in [2.05, 4.69) is 0 Å². The van der Waals surface area contributed by atoms with Crippen molar-refractivity contribution in [1.82, 2.24) is 0 Å². The van der Waals surface area contributed by atoms with Crippen molar-refractivity contribution in [2.75, 3.05) is 0 Å². The van der Waals surface area contributed by atoms with E-state index < -0.39 is 5.09 Å². The van der Waals surface area contributed by atoms with Gasteiger partial charge in [-0.05, 0) is 0 Å². The Morgan fingerprint density at radius 3 is 1.29 bits per heavy atom. The smallest absolute Gasteiger partial charge is 0.0689 e. The fourth-order valence-corrected chi connectivity index (χ4v) is 0. The Morgan fingerprint density at radius 2 is 1.29 bits per heavy atom. The summed E-state index contributed by atoms with van der Waals surface area (Å²) in [4.78, 5) is 8.25. The van der Waals surface area contributed by atoms with Crippen molar-refractivity contribution in [2.45, 2.75) is 0 Å². The van der Waals surface area contributed by atoms with Gasteiger partial charge in [-0.3, -0.25) is 0 Å². The minimum absolute atomic E-state index is 0. The molecule has 1 radical (unpaired) electrons. The van der Waals surface area contributed by atoms with Crippen LogP contribution in [0.3, 0.4) is 0 Å². The van der Waals surface area contributed by atoms with Crippen molar-refractivity contribution in [3.8, 4) is 0 Å². The molecule has 0 bridgehead atoms. The van der Waals surface area contributed by atoms with E-state index >= 15 is 0 Å². The third-order valence-corrected chi connectivity index (χ3v) is 0. The topological polar surface area (TPSA) is 66.2 Å². The van der Waals surface area contributed by atoms with Crippen molar-refractivity contribution in [2.24, 2.45) is 0 Å². The quantitative estimate of drug-likeness (QED) is 0.330. The maximum Gasteiger partial charge on any atom is 0.0689 e. The van der Waals surface area contributed by atoms with Gasteiger partial charge in [-0.25, -0.2) is 0 Å². The molecule has 0 aromatic carbocycles. The fraction of sp³-hybridized carbons (Fsp3) is 0.